The summed E-state index contributed by atoms with van der Waals surface area (Å²) in [6.07, 6.45) is 3.32. The molecule has 1 aliphatic heterocycles. The first kappa shape index (κ1) is 15.8. The summed E-state index contributed by atoms with van der Waals surface area (Å²) >= 11 is 0. The fourth-order valence-corrected chi connectivity index (χ4v) is 2.81. The van der Waals surface area contributed by atoms with E-state index in [1.165, 1.54) is 23.2 Å². The van der Waals surface area contributed by atoms with Crippen LogP contribution >= 0.6 is 0 Å². The van der Waals surface area contributed by atoms with Gasteiger partial charge >= 0.3 is 0 Å². The van der Waals surface area contributed by atoms with Crippen molar-refractivity contribution in [3.8, 4) is 5.69 Å². The van der Waals surface area contributed by atoms with E-state index in [0.29, 0.717) is 11.4 Å². The fourth-order valence-electron chi connectivity index (χ4n) is 2.81. The molecule has 0 bridgehead atoms. The van der Waals surface area contributed by atoms with Crippen LogP contribution in [0, 0.1) is 5.82 Å². The summed E-state index contributed by atoms with van der Waals surface area (Å²) in [4.78, 5) is 24.9. The number of hydrogen-bond acceptors (Lipinski definition) is 2. The van der Waals surface area contributed by atoms with E-state index in [2.05, 4.69) is 5.43 Å². The van der Waals surface area contributed by atoms with Crippen LogP contribution in [0.5, 0.6) is 0 Å². The van der Waals surface area contributed by atoms with Crippen molar-refractivity contribution >= 4 is 23.6 Å². The van der Waals surface area contributed by atoms with E-state index >= 15 is 0 Å². The van der Waals surface area contributed by atoms with Crippen molar-refractivity contribution in [2.24, 2.45) is 0 Å². The highest BCUT2D eigenvalue weighted by molar-refractivity contribution is 6.31. The minimum absolute atomic E-state index is 0.0379. The van der Waals surface area contributed by atoms with Crippen LogP contribution in [0.3, 0.4) is 0 Å². The molecule has 26 heavy (non-hydrogen) atoms. The lowest BCUT2D eigenvalue weighted by atomic mass is 10.2. The Kier molecular flexibility index (Phi) is 3.85. The van der Waals surface area contributed by atoms with Crippen LogP contribution in [0.4, 0.5) is 10.1 Å². The van der Waals surface area contributed by atoms with Crippen molar-refractivity contribution in [2.75, 3.05) is 5.01 Å². The maximum absolute atomic E-state index is 13.1. The van der Waals surface area contributed by atoms with Crippen LogP contribution in [0.1, 0.15) is 5.69 Å². The predicted molar refractivity (Wildman–Crippen MR) is 95.8 cm³/mol. The number of nitrogens with one attached hydrogen (secondary N) is 1. The molecule has 6 heteroatoms. The molecule has 0 aliphatic carbocycles. The Balaban J connectivity index is 1.69. The molecular weight excluding hydrogens is 333 g/mol. The van der Waals surface area contributed by atoms with Crippen LogP contribution in [0.25, 0.3) is 11.8 Å². The largest absolute Gasteiger partial charge is 0.317 e. The van der Waals surface area contributed by atoms with E-state index < -0.39 is 11.8 Å². The van der Waals surface area contributed by atoms with Gasteiger partial charge in [0.25, 0.3) is 11.8 Å². The topological polar surface area (TPSA) is 54.3 Å². The monoisotopic (exact) mass is 347 g/mol. The quantitative estimate of drug-likeness (QED) is 0.585. The minimum atomic E-state index is -0.467. The van der Waals surface area contributed by atoms with Crippen LogP contribution in [0.2, 0.25) is 0 Å². The van der Waals surface area contributed by atoms with Crippen molar-refractivity contribution < 1.29 is 14.0 Å². The molecule has 5 nitrogen and oxygen atoms in total. The predicted octanol–water partition coefficient (Wildman–Crippen LogP) is 3.08. The number of aromatic nitrogens is 1. The highest BCUT2D eigenvalue weighted by Crippen LogP contribution is 2.22. The van der Waals surface area contributed by atoms with E-state index in [0.717, 1.165) is 5.69 Å². The first-order valence-corrected chi connectivity index (χ1v) is 7.99. The molecule has 2 amide bonds. The summed E-state index contributed by atoms with van der Waals surface area (Å²) in [5.74, 6) is -1.22. The zero-order chi connectivity index (χ0) is 18.1. The van der Waals surface area contributed by atoms with E-state index in [-0.39, 0.29) is 11.4 Å². The zero-order valence-corrected chi connectivity index (χ0v) is 13.6. The lowest BCUT2D eigenvalue weighted by molar-refractivity contribution is -0.117. The number of halogens is 1. The highest BCUT2D eigenvalue weighted by atomic mass is 19.1. The highest BCUT2D eigenvalue weighted by Gasteiger charge is 2.34. The Bertz CT molecular complexity index is 1010. The summed E-state index contributed by atoms with van der Waals surface area (Å²) in [5.41, 5.74) is 4.57. The fraction of sp³-hybridized carbons (Fsp3) is 0. The number of hydrogen-bond donors (Lipinski definition) is 1. The standard InChI is InChI=1S/C20H14FN3O2/c21-14-8-10-15(11-9-14)23-12-4-7-17(23)13-18-19(25)22-24(20(18)26)16-5-2-1-3-6-16/h1-13H,(H,22,25). The molecule has 2 aromatic carbocycles. The van der Waals surface area contributed by atoms with Crippen molar-refractivity contribution in [3.63, 3.8) is 0 Å². The lowest BCUT2D eigenvalue weighted by Gasteiger charge is -2.13. The van der Waals surface area contributed by atoms with Crippen LogP contribution in [-0.2, 0) is 9.59 Å². The van der Waals surface area contributed by atoms with Crippen molar-refractivity contribution in [2.45, 2.75) is 0 Å². The second-order valence-corrected chi connectivity index (χ2v) is 5.75. The number of benzene rings is 2. The number of nitrogens with zero attached hydrogens (tertiary/aromatic N) is 2. The van der Waals surface area contributed by atoms with Gasteiger partial charge in [-0.05, 0) is 54.6 Å². The molecular formula is C20H14FN3O2. The molecule has 1 aromatic heterocycles. The van der Waals surface area contributed by atoms with E-state index in [1.54, 1.807) is 59.3 Å². The van der Waals surface area contributed by atoms with Gasteiger partial charge < -0.3 is 4.57 Å². The van der Waals surface area contributed by atoms with Crippen molar-refractivity contribution in [3.05, 3.63) is 90.0 Å². The molecule has 1 N–H and O–H groups in total. The molecule has 2 heterocycles. The van der Waals surface area contributed by atoms with Gasteiger partial charge in [0.2, 0.25) is 0 Å². The molecule has 0 unspecified atom stereocenters. The molecule has 4 rings (SSSR count). The third-order valence-corrected chi connectivity index (χ3v) is 4.08. The summed E-state index contributed by atoms with van der Waals surface area (Å²) in [6, 6.07) is 18.4. The summed E-state index contributed by atoms with van der Waals surface area (Å²) in [7, 11) is 0. The third-order valence-electron chi connectivity index (χ3n) is 4.08. The first-order chi connectivity index (χ1) is 12.6. The van der Waals surface area contributed by atoms with Gasteiger partial charge in [0, 0.05) is 17.6 Å². The van der Waals surface area contributed by atoms with Crippen molar-refractivity contribution in [1.29, 1.82) is 0 Å². The van der Waals surface area contributed by atoms with Crippen LogP contribution in [0.15, 0.2) is 78.5 Å². The average Bonchev–Trinajstić information content (AvgIpc) is 3.23. The van der Waals surface area contributed by atoms with Crippen molar-refractivity contribution in [1.82, 2.24) is 9.99 Å². The Morgan fingerprint density at radius 1 is 0.846 bits per heavy atom. The second kappa shape index (κ2) is 6.33. The van der Waals surface area contributed by atoms with E-state index in [9.17, 15) is 14.0 Å². The van der Waals surface area contributed by atoms with Gasteiger partial charge in [-0.15, -0.1) is 0 Å². The minimum Gasteiger partial charge on any atom is -0.317 e. The molecule has 0 spiro atoms. The molecule has 128 valence electrons. The van der Waals surface area contributed by atoms with Gasteiger partial charge in [0.15, 0.2) is 0 Å². The number of carbonyl (C=O) groups excluding carboxylic acids is 2. The Labute approximate surface area is 148 Å². The van der Waals surface area contributed by atoms with Gasteiger partial charge in [-0.25, -0.2) is 9.40 Å². The number of rotatable bonds is 3. The average molecular weight is 347 g/mol. The summed E-state index contributed by atoms with van der Waals surface area (Å²) in [6.45, 7) is 0. The maximum Gasteiger partial charge on any atom is 0.282 e. The number of para-hydroxylation sites is 1. The van der Waals surface area contributed by atoms with E-state index in [1.807, 2.05) is 6.07 Å². The first-order valence-electron chi connectivity index (χ1n) is 7.99. The third kappa shape index (κ3) is 2.77. The Morgan fingerprint density at radius 2 is 1.58 bits per heavy atom. The SMILES string of the molecule is O=C1NN(c2ccccc2)C(=O)C1=Cc1cccn1-c1ccc(F)cc1. The zero-order valence-electron chi connectivity index (χ0n) is 13.6. The summed E-state index contributed by atoms with van der Waals surface area (Å²) < 4.78 is 14.9. The van der Waals surface area contributed by atoms with Gasteiger partial charge in [0.05, 0.1) is 5.69 Å². The number of anilines is 1. The van der Waals surface area contributed by atoms with E-state index in [4.69, 9.17) is 0 Å². The number of carbonyl (C=O) groups is 2. The van der Waals surface area contributed by atoms with Gasteiger partial charge in [-0.1, -0.05) is 18.2 Å². The number of amides is 2. The smallest absolute Gasteiger partial charge is 0.282 e. The maximum atomic E-state index is 13.1. The van der Waals surface area contributed by atoms with Gasteiger partial charge in [0.1, 0.15) is 11.4 Å². The second-order valence-electron chi connectivity index (χ2n) is 5.75. The van der Waals surface area contributed by atoms with Crippen LogP contribution < -0.4 is 10.4 Å². The molecule has 0 saturated carbocycles. The lowest BCUT2D eigenvalue weighted by Crippen LogP contribution is -2.35. The molecule has 3 aromatic rings. The molecule has 1 fully saturated rings. The van der Waals surface area contributed by atoms with Gasteiger partial charge in [-0.3, -0.25) is 15.0 Å². The molecule has 0 atom stereocenters. The molecule has 1 saturated heterocycles. The Hall–Kier alpha value is -3.67. The van der Waals surface area contributed by atoms with Crippen LogP contribution in [-0.4, -0.2) is 16.4 Å². The normalized spacial score (nSPS) is 15.6. The Morgan fingerprint density at radius 3 is 2.31 bits per heavy atom. The number of hydrazine groups is 1. The molecule has 1 aliphatic rings. The summed E-state index contributed by atoms with van der Waals surface area (Å²) in [5, 5.41) is 1.22. The molecule has 0 radical (unpaired) electrons. The van der Waals surface area contributed by atoms with Gasteiger partial charge in [-0.2, -0.15) is 0 Å².